The Labute approximate surface area is 153 Å². The SMILES string of the molecule is CN(Cc1ccc(Oc2cnccn2)cc1)C(CCO)c1ccccc1. The monoisotopic (exact) mass is 349 g/mol. The average Bonchev–Trinajstić information content (AvgIpc) is 2.69. The first-order valence-electron chi connectivity index (χ1n) is 8.65. The van der Waals surface area contributed by atoms with E-state index in [1.165, 1.54) is 11.1 Å². The van der Waals surface area contributed by atoms with Crippen molar-refractivity contribution in [1.82, 2.24) is 14.9 Å². The van der Waals surface area contributed by atoms with Crippen LogP contribution in [0.1, 0.15) is 23.6 Å². The summed E-state index contributed by atoms with van der Waals surface area (Å²) in [6.45, 7) is 0.944. The second-order valence-electron chi connectivity index (χ2n) is 6.14. The van der Waals surface area contributed by atoms with E-state index in [-0.39, 0.29) is 12.6 Å². The molecule has 3 rings (SSSR count). The summed E-state index contributed by atoms with van der Waals surface area (Å²) >= 11 is 0. The summed E-state index contributed by atoms with van der Waals surface area (Å²) in [4.78, 5) is 10.3. The molecule has 1 N–H and O–H groups in total. The molecule has 1 heterocycles. The van der Waals surface area contributed by atoms with E-state index < -0.39 is 0 Å². The Morgan fingerprint density at radius 3 is 2.46 bits per heavy atom. The molecule has 0 bridgehead atoms. The minimum absolute atomic E-state index is 0.161. The van der Waals surface area contributed by atoms with Crippen LogP contribution in [0.5, 0.6) is 11.6 Å². The van der Waals surface area contributed by atoms with Crippen LogP contribution >= 0.6 is 0 Å². The van der Waals surface area contributed by atoms with Crippen molar-refractivity contribution in [3.05, 3.63) is 84.3 Å². The highest BCUT2D eigenvalue weighted by atomic mass is 16.5. The van der Waals surface area contributed by atoms with Crippen LogP contribution in [0.15, 0.2) is 73.2 Å². The van der Waals surface area contributed by atoms with E-state index in [0.29, 0.717) is 12.3 Å². The molecule has 2 aromatic carbocycles. The molecule has 0 saturated carbocycles. The molecule has 1 unspecified atom stereocenters. The van der Waals surface area contributed by atoms with Crippen LogP contribution < -0.4 is 4.74 Å². The van der Waals surface area contributed by atoms with Crippen molar-refractivity contribution < 1.29 is 9.84 Å². The highest BCUT2D eigenvalue weighted by Gasteiger charge is 2.16. The summed E-state index contributed by atoms with van der Waals surface area (Å²) in [7, 11) is 2.08. The molecule has 0 aliphatic heterocycles. The van der Waals surface area contributed by atoms with Gasteiger partial charge < -0.3 is 9.84 Å². The maximum absolute atomic E-state index is 9.44. The Kier molecular flexibility index (Phi) is 6.30. The molecule has 5 heteroatoms. The van der Waals surface area contributed by atoms with Gasteiger partial charge in [0.2, 0.25) is 5.88 Å². The zero-order chi connectivity index (χ0) is 18.2. The standard InChI is InChI=1S/C21H23N3O2/c1-24(20(11-14-25)18-5-3-2-4-6-18)16-17-7-9-19(10-8-17)26-21-15-22-12-13-23-21/h2-10,12-13,15,20,25H,11,14,16H2,1H3. The summed E-state index contributed by atoms with van der Waals surface area (Å²) in [6.07, 6.45) is 5.50. The van der Waals surface area contributed by atoms with Crippen molar-refractivity contribution in [2.75, 3.05) is 13.7 Å². The number of hydrogen-bond donors (Lipinski definition) is 1. The largest absolute Gasteiger partial charge is 0.438 e. The molecule has 0 saturated heterocycles. The Morgan fingerprint density at radius 2 is 1.81 bits per heavy atom. The molecule has 5 nitrogen and oxygen atoms in total. The molecule has 0 aliphatic carbocycles. The number of aliphatic hydroxyl groups is 1. The summed E-state index contributed by atoms with van der Waals surface area (Å²) in [6, 6.07) is 18.4. The summed E-state index contributed by atoms with van der Waals surface area (Å²) < 4.78 is 5.67. The predicted octanol–water partition coefficient (Wildman–Crippen LogP) is 3.82. The lowest BCUT2D eigenvalue weighted by Crippen LogP contribution is -2.25. The third-order valence-electron chi connectivity index (χ3n) is 4.24. The Morgan fingerprint density at radius 1 is 1.04 bits per heavy atom. The van der Waals surface area contributed by atoms with Crippen LogP contribution in [-0.2, 0) is 6.54 Å². The summed E-state index contributed by atoms with van der Waals surface area (Å²) in [5.41, 5.74) is 2.39. The van der Waals surface area contributed by atoms with Crippen molar-refractivity contribution in [2.24, 2.45) is 0 Å². The highest BCUT2D eigenvalue weighted by molar-refractivity contribution is 5.30. The van der Waals surface area contributed by atoms with Gasteiger partial charge in [0.25, 0.3) is 0 Å². The van der Waals surface area contributed by atoms with Gasteiger partial charge in [-0.15, -0.1) is 0 Å². The molecule has 0 fully saturated rings. The molecule has 0 radical (unpaired) electrons. The first-order valence-corrected chi connectivity index (χ1v) is 8.65. The molecule has 1 atom stereocenters. The average molecular weight is 349 g/mol. The third kappa shape index (κ3) is 4.88. The molecule has 134 valence electrons. The maximum Gasteiger partial charge on any atom is 0.237 e. The van der Waals surface area contributed by atoms with Gasteiger partial charge in [-0.3, -0.25) is 9.88 Å². The van der Waals surface area contributed by atoms with Gasteiger partial charge in [-0.1, -0.05) is 42.5 Å². The number of hydrogen-bond acceptors (Lipinski definition) is 5. The summed E-state index contributed by atoms with van der Waals surface area (Å²) in [5, 5.41) is 9.44. The van der Waals surface area contributed by atoms with Gasteiger partial charge in [-0.2, -0.15) is 0 Å². The van der Waals surface area contributed by atoms with E-state index in [2.05, 4.69) is 34.0 Å². The van der Waals surface area contributed by atoms with Crippen LogP contribution in [0.3, 0.4) is 0 Å². The fraction of sp³-hybridized carbons (Fsp3) is 0.238. The summed E-state index contributed by atoms with van der Waals surface area (Å²) in [5.74, 6) is 1.20. The zero-order valence-electron chi connectivity index (χ0n) is 14.8. The van der Waals surface area contributed by atoms with Crippen molar-refractivity contribution in [1.29, 1.82) is 0 Å². The van der Waals surface area contributed by atoms with E-state index in [1.807, 2.05) is 42.5 Å². The van der Waals surface area contributed by atoms with Crippen molar-refractivity contribution in [3.8, 4) is 11.6 Å². The lowest BCUT2D eigenvalue weighted by molar-refractivity contribution is 0.180. The highest BCUT2D eigenvalue weighted by Crippen LogP contribution is 2.25. The number of aromatic nitrogens is 2. The van der Waals surface area contributed by atoms with Gasteiger partial charge in [0.05, 0.1) is 6.20 Å². The van der Waals surface area contributed by atoms with Crippen molar-refractivity contribution in [2.45, 2.75) is 19.0 Å². The van der Waals surface area contributed by atoms with Gasteiger partial charge in [0, 0.05) is 31.6 Å². The number of aliphatic hydroxyl groups excluding tert-OH is 1. The molecule has 0 amide bonds. The molecule has 3 aromatic rings. The fourth-order valence-electron chi connectivity index (χ4n) is 2.96. The molecular weight excluding hydrogens is 326 g/mol. The second-order valence-corrected chi connectivity index (χ2v) is 6.14. The molecule has 0 aliphatic rings. The van der Waals surface area contributed by atoms with Crippen molar-refractivity contribution in [3.63, 3.8) is 0 Å². The lowest BCUT2D eigenvalue weighted by atomic mass is 10.0. The van der Waals surface area contributed by atoms with E-state index in [4.69, 9.17) is 4.74 Å². The van der Waals surface area contributed by atoms with E-state index in [1.54, 1.807) is 18.6 Å². The topological polar surface area (TPSA) is 58.5 Å². The normalized spacial score (nSPS) is 12.1. The molecule has 26 heavy (non-hydrogen) atoms. The molecule has 0 spiro atoms. The number of rotatable bonds is 8. The fourth-order valence-corrected chi connectivity index (χ4v) is 2.96. The minimum Gasteiger partial charge on any atom is -0.438 e. The van der Waals surface area contributed by atoms with Gasteiger partial charge in [0.15, 0.2) is 0 Å². The van der Waals surface area contributed by atoms with Crippen LogP contribution in [0.4, 0.5) is 0 Å². The maximum atomic E-state index is 9.44. The minimum atomic E-state index is 0.161. The first-order chi connectivity index (χ1) is 12.8. The number of benzene rings is 2. The van der Waals surface area contributed by atoms with Gasteiger partial charge in [-0.05, 0) is 36.7 Å². The van der Waals surface area contributed by atoms with Crippen LogP contribution in [0, 0.1) is 0 Å². The predicted molar refractivity (Wildman–Crippen MR) is 101 cm³/mol. The zero-order valence-corrected chi connectivity index (χ0v) is 14.8. The Bertz CT molecular complexity index is 779. The van der Waals surface area contributed by atoms with Crippen LogP contribution in [-0.4, -0.2) is 33.6 Å². The quantitative estimate of drug-likeness (QED) is 0.670. The van der Waals surface area contributed by atoms with E-state index >= 15 is 0 Å². The smallest absolute Gasteiger partial charge is 0.237 e. The molecular formula is C21H23N3O2. The van der Waals surface area contributed by atoms with Gasteiger partial charge in [-0.25, -0.2) is 4.98 Å². The lowest BCUT2D eigenvalue weighted by Gasteiger charge is -2.28. The Balaban J connectivity index is 1.65. The van der Waals surface area contributed by atoms with E-state index in [9.17, 15) is 5.11 Å². The van der Waals surface area contributed by atoms with Crippen molar-refractivity contribution >= 4 is 0 Å². The van der Waals surface area contributed by atoms with E-state index in [0.717, 1.165) is 12.3 Å². The first kappa shape index (κ1) is 18.0. The van der Waals surface area contributed by atoms with Gasteiger partial charge in [0.1, 0.15) is 5.75 Å². The van der Waals surface area contributed by atoms with Crippen LogP contribution in [0.2, 0.25) is 0 Å². The molecule has 1 aromatic heterocycles. The number of ether oxygens (including phenoxy) is 1. The second kappa shape index (κ2) is 9.08. The van der Waals surface area contributed by atoms with Gasteiger partial charge >= 0.3 is 0 Å². The number of nitrogens with zero attached hydrogens (tertiary/aromatic N) is 3. The Hall–Kier alpha value is -2.76. The third-order valence-corrected chi connectivity index (χ3v) is 4.24. The van der Waals surface area contributed by atoms with Crippen LogP contribution in [0.25, 0.3) is 0 Å².